The fourth-order valence-electron chi connectivity index (χ4n) is 2.73. The molecule has 0 aromatic heterocycles. The first kappa shape index (κ1) is 15.0. The van der Waals surface area contributed by atoms with Gasteiger partial charge < -0.3 is 10.6 Å². The topological polar surface area (TPSA) is 84.3 Å². The maximum absolute atomic E-state index is 11.7. The van der Waals surface area contributed by atoms with Gasteiger partial charge in [0.05, 0.1) is 4.92 Å². The van der Waals surface area contributed by atoms with Gasteiger partial charge in [-0.05, 0) is 37.1 Å². The zero-order valence-electron chi connectivity index (χ0n) is 12.9. The minimum absolute atomic E-state index is 0.0673. The summed E-state index contributed by atoms with van der Waals surface area (Å²) in [6, 6.07) is 10.8. The van der Waals surface area contributed by atoms with E-state index in [0.717, 1.165) is 16.8 Å². The molecule has 6 heteroatoms. The van der Waals surface area contributed by atoms with E-state index >= 15 is 0 Å². The van der Waals surface area contributed by atoms with Gasteiger partial charge in [-0.1, -0.05) is 18.2 Å². The fraction of sp³-hybridized carbons (Fsp3) is 0.235. The molecule has 0 aliphatic carbocycles. The molecule has 2 aromatic rings. The van der Waals surface area contributed by atoms with Crippen LogP contribution in [0.4, 0.5) is 11.4 Å². The normalized spacial score (nSPS) is 14.1. The Hall–Kier alpha value is -2.89. The van der Waals surface area contributed by atoms with E-state index in [1.807, 2.05) is 31.2 Å². The van der Waals surface area contributed by atoms with E-state index in [2.05, 4.69) is 10.6 Å². The van der Waals surface area contributed by atoms with E-state index < -0.39 is 0 Å². The number of nitro groups is 1. The summed E-state index contributed by atoms with van der Waals surface area (Å²) < 4.78 is 0. The predicted molar refractivity (Wildman–Crippen MR) is 87.5 cm³/mol. The lowest BCUT2D eigenvalue weighted by molar-refractivity contribution is -0.385. The number of nitro benzene ring substituents is 1. The number of amides is 1. The van der Waals surface area contributed by atoms with Crippen LogP contribution in [0.25, 0.3) is 0 Å². The van der Waals surface area contributed by atoms with Crippen molar-refractivity contribution in [3.05, 3.63) is 68.8 Å². The summed E-state index contributed by atoms with van der Waals surface area (Å²) in [6.45, 7) is 4.22. The molecule has 0 saturated heterocycles. The Morgan fingerprint density at radius 3 is 2.78 bits per heavy atom. The number of nitrogens with zero attached hydrogens (tertiary/aromatic N) is 1. The molecule has 118 valence electrons. The zero-order chi connectivity index (χ0) is 16.6. The van der Waals surface area contributed by atoms with Crippen molar-refractivity contribution in [3.8, 4) is 0 Å². The second-order valence-corrected chi connectivity index (χ2v) is 5.72. The van der Waals surface area contributed by atoms with Crippen LogP contribution < -0.4 is 10.6 Å². The van der Waals surface area contributed by atoms with Crippen molar-refractivity contribution in [2.45, 2.75) is 26.4 Å². The molecule has 0 spiro atoms. The van der Waals surface area contributed by atoms with Crippen LogP contribution in [0.1, 0.15) is 40.0 Å². The highest BCUT2D eigenvalue weighted by molar-refractivity contribution is 5.99. The molecule has 6 nitrogen and oxygen atoms in total. The first-order valence-electron chi connectivity index (χ1n) is 7.38. The maximum atomic E-state index is 11.7. The Bertz CT molecular complexity index is 802. The Balaban J connectivity index is 1.84. The third-order valence-corrected chi connectivity index (χ3v) is 4.11. The number of aryl methyl sites for hydroxylation is 1. The van der Waals surface area contributed by atoms with Crippen LogP contribution >= 0.6 is 0 Å². The Morgan fingerprint density at radius 1 is 1.26 bits per heavy atom. The third kappa shape index (κ3) is 2.88. The zero-order valence-corrected chi connectivity index (χ0v) is 12.9. The summed E-state index contributed by atoms with van der Waals surface area (Å²) in [7, 11) is 0. The van der Waals surface area contributed by atoms with Gasteiger partial charge in [0.2, 0.25) is 0 Å². The highest BCUT2D eigenvalue weighted by atomic mass is 16.6. The van der Waals surface area contributed by atoms with Crippen molar-refractivity contribution in [2.24, 2.45) is 0 Å². The maximum Gasteiger partial charge on any atom is 0.272 e. The second-order valence-electron chi connectivity index (χ2n) is 5.72. The number of hydrogen-bond donors (Lipinski definition) is 2. The average molecular weight is 311 g/mol. The molecule has 1 aliphatic rings. The Kier molecular flexibility index (Phi) is 3.73. The van der Waals surface area contributed by atoms with Crippen molar-refractivity contribution >= 4 is 17.3 Å². The van der Waals surface area contributed by atoms with Gasteiger partial charge in [0.1, 0.15) is 0 Å². The SMILES string of the molecule is Cc1ccc(C(C)Nc2ccc3c(c2)C(=O)NC3)cc1[N+](=O)[O-]. The monoisotopic (exact) mass is 311 g/mol. The standard InChI is InChI=1S/C17H17N3O3/c1-10-3-4-12(7-16(10)20(22)23)11(2)19-14-6-5-13-9-18-17(21)15(13)8-14/h3-8,11,19H,9H2,1-2H3,(H,18,21). The van der Waals surface area contributed by atoms with Crippen molar-refractivity contribution in [1.82, 2.24) is 5.32 Å². The number of fused-ring (bicyclic) bond motifs is 1. The van der Waals surface area contributed by atoms with Gasteiger partial charge in [0.25, 0.3) is 11.6 Å². The molecular weight excluding hydrogens is 294 g/mol. The van der Waals surface area contributed by atoms with Crippen LogP contribution in [0, 0.1) is 17.0 Å². The molecule has 1 heterocycles. The van der Waals surface area contributed by atoms with Gasteiger partial charge in [0.15, 0.2) is 0 Å². The molecule has 23 heavy (non-hydrogen) atoms. The van der Waals surface area contributed by atoms with E-state index in [9.17, 15) is 14.9 Å². The quantitative estimate of drug-likeness (QED) is 0.670. The summed E-state index contributed by atoms with van der Waals surface area (Å²) in [5, 5.41) is 17.1. The number of carbonyl (C=O) groups is 1. The van der Waals surface area contributed by atoms with Crippen molar-refractivity contribution < 1.29 is 9.72 Å². The molecule has 0 radical (unpaired) electrons. The van der Waals surface area contributed by atoms with Crippen LogP contribution in [-0.2, 0) is 6.54 Å². The van der Waals surface area contributed by atoms with E-state index in [1.165, 1.54) is 0 Å². The molecule has 0 saturated carbocycles. The van der Waals surface area contributed by atoms with Gasteiger partial charge in [0, 0.05) is 35.5 Å². The van der Waals surface area contributed by atoms with Gasteiger partial charge >= 0.3 is 0 Å². The number of nitrogens with one attached hydrogen (secondary N) is 2. The predicted octanol–water partition coefficient (Wildman–Crippen LogP) is 3.32. The first-order chi connectivity index (χ1) is 11.0. The molecular formula is C17H17N3O3. The van der Waals surface area contributed by atoms with E-state index in [0.29, 0.717) is 17.7 Å². The number of benzene rings is 2. The first-order valence-corrected chi connectivity index (χ1v) is 7.38. The molecule has 0 fully saturated rings. The van der Waals surface area contributed by atoms with Crippen LogP contribution in [0.5, 0.6) is 0 Å². The minimum Gasteiger partial charge on any atom is -0.378 e. The lowest BCUT2D eigenvalue weighted by Gasteiger charge is -2.16. The van der Waals surface area contributed by atoms with Crippen LogP contribution in [0.15, 0.2) is 36.4 Å². The molecule has 0 bridgehead atoms. The van der Waals surface area contributed by atoms with Crippen LogP contribution in [-0.4, -0.2) is 10.8 Å². The number of hydrogen-bond acceptors (Lipinski definition) is 4. The smallest absolute Gasteiger partial charge is 0.272 e. The summed E-state index contributed by atoms with van der Waals surface area (Å²) in [4.78, 5) is 22.4. The summed E-state index contributed by atoms with van der Waals surface area (Å²) >= 11 is 0. The molecule has 1 atom stereocenters. The van der Waals surface area contributed by atoms with E-state index in [-0.39, 0.29) is 22.6 Å². The third-order valence-electron chi connectivity index (χ3n) is 4.11. The van der Waals surface area contributed by atoms with E-state index in [4.69, 9.17) is 0 Å². The molecule has 2 aromatic carbocycles. The molecule has 1 unspecified atom stereocenters. The second kappa shape index (κ2) is 5.72. The molecule has 2 N–H and O–H groups in total. The summed E-state index contributed by atoms with van der Waals surface area (Å²) in [6.07, 6.45) is 0. The van der Waals surface area contributed by atoms with Gasteiger partial charge in [-0.3, -0.25) is 14.9 Å². The fourth-order valence-corrected chi connectivity index (χ4v) is 2.73. The Labute approximate surface area is 133 Å². The highest BCUT2D eigenvalue weighted by Crippen LogP contribution is 2.27. The van der Waals surface area contributed by atoms with Gasteiger partial charge in [-0.25, -0.2) is 0 Å². The van der Waals surface area contributed by atoms with Crippen molar-refractivity contribution in [3.63, 3.8) is 0 Å². The molecule has 1 amide bonds. The van der Waals surface area contributed by atoms with E-state index in [1.54, 1.807) is 19.1 Å². The van der Waals surface area contributed by atoms with Gasteiger partial charge in [-0.15, -0.1) is 0 Å². The van der Waals surface area contributed by atoms with Crippen molar-refractivity contribution in [1.29, 1.82) is 0 Å². The highest BCUT2D eigenvalue weighted by Gasteiger charge is 2.19. The van der Waals surface area contributed by atoms with Gasteiger partial charge in [-0.2, -0.15) is 0 Å². The van der Waals surface area contributed by atoms with Crippen molar-refractivity contribution in [2.75, 3.05) is 5.32 Å². The molecule has 3 rings (SSSR count). The summed E-state index contributed by atoms with van der Waals surface area (Å²) in [5.41, 5.74) is 4.06. The average Bonchev–Trinajstić information content (AvgIpc) is 2.88. The number of anilines is 1. The van der Waals surface area contributed by atoms with Crippen LogP contribution in [0.3, 0.4) is 0 Å². The number of carbonyl (C=O) groups excluding carboxylic acids is 1. The largest absolute Gasteiger partial charge is 0.378 e. The lowest BCUT2D eigenvalue weighted by atomic mass is 10.0. The Morgan fingerprint density at radius 2 is 2.04 bits per heavy atom. The summed E-state index contributed by atoms with van der Waals surface area (Å²) in [5.74, 6) is -0.0673. The molecule has 1 aliphatic heterocycles. The number of rotatable bonds is 4. The lowest BCUT2D eigenvalue weighted by Crippen LogP contribution is -2.12. The minimum atomic E-state index is -0.370. The van der Waals surface area contributed by atoms with Crippen LogP contribution in [0.2, 0.25) is 0 Å².